The van der Waals surface area contributed by atoms with E-state index in [-0.39, 0.29) is 6.04 Å². The van der Waals surface area contributed by atoms with Crippen LogP contribution < -0.4 is 15.5 Å². The van der Waals surface area contributed by atoms with Crippen molar-refractivity contribution in [1.29, 1.82) is 0 Å². The number of hydrogen-bond donors (Lipinski definition) is 3. The van der Waals surface area contributed by atoms with E-state index in [4.69, 9.17) is 17.0 Å². The van der Waals surface area contributed by atoms with Crippen molar-refractivity contribution in [2.45, 2.75) is 32.9 Å². The van der Waals surface area contributed by atoms with Gasteiger partial charge in [-0.2, -0.15) is 0 Å². The van der Waals surface area contributed by atoms with E-state index in [1.807, 2.05) is 11.3 Å². The Morgan fingerprint density at radius 1 is 1.23 bits per heavy atom. The first-order valence-corrected chi connectivity index (χ1v) is 10.4. The number of benzene rings is 1. The van der Waals surface area contributed by atoms with Crippen molar-refractivity contribution in [3.8, 4) is 0 Å². The smallest absolute Gasteiger partial charge is 0.171 e. The third kappa shape index (κ3) is 4.82. The second kappa shape index (κ2) is 8.95. The summed E-state index contributed by atoms with van der Waals surface area (Å²) in [6, 6.07) is 11.3. The summed E-state index contributed by atoms with van der Waals surface area (Å²) in [6.45, 7) is 10.1. The molecule has 4 nitrogen and oxygen atoms in total. The van der Waals surface area contributed by atoms with E-state index in [2.05, 4.69) is 67.1 Å². The Balaban J connectivity index is 1.69. The summed E-state index contributed by atoms with van der Waals surface area (Å²) in [4.78, 5) is 2.96. The number of thiocarbonyl (C=S) groups is 1. The molecule has 140 valence electrons. The van der Waals surface area contributed by atoms with Gasteiger partial charge in [-0.3, -0.25) is 0 Å². The van der Waals surface area contributed by atoms with Crippen molar-refractivity contribution < 1.29 is 9.64 Å². The molecule has 0 saturated carbocycles. The Morgan fingerprint density at radius 2 is 2.00 bits per heavy atom. The lowest BCUT2D eigenvalue weighted by molar-refractivity contribution is -0.939. The fourth-order valence-corrected chi connectivity index (χ4v) is 4.82. The van der Waals surface area contributed by atoms with Crippen LogP contribution in [0.2, 0.25) is 0 Å². The molecule has 3 rings (SSSR count). The highest BCUT2D eigenvalue weighted by Gasteiger charge is 2.32. The number of morpholine rings is 1. The number of anilines is 1. The average Bonchev–Trinajstić information content (AvgIpc) is 3.13. The monoisotopic (exact) mass is 390 g/mol. The Hall–Kier alpha value is -1.47. The lowest BCUT2D eigenvalue weighted by Crippen LogP contribution is -3.15. The van der Waals surface area contributed by atoms with E-state index in [9.17, 15) is 0 Å². The molecule has 0 unspecified atom stereocenters. The topological polar surface area (TPSA) is 37.7 Å². The van der Waals surface area contributed by atoms with Gasteiger partial charge in [0, 0.05) is 5.69 Å². The number of hydrogen-bond acceptors (Lipinski definition) is 3. The molecule has 0 radical (unpaired) electrons. The van der Waals surface area contributed by atoms with Crippen LogP contribution in [-0.2, 0) is 4.74 Å². The molecule has 2 heterocycles. The molecule has 26 heavy (non-hydrogen) atoms. The molecule has 1 aliphatic rings. The fourth-order valence-electron chi connectivity index (χ4n) is 3.53. The quantitative estimate of drug-likeness (QED) is 0.687. The van der Waals surface area contributed by atoms with Crippen molar-refractivity contribution in [2.75, 3.05) is 31.6 Å². The first-order chi connectivity index (χ1) is 12.5. The van der Waals surface area contributed by atoms with Crippen LogP contribution >= 0.6 is 23.6 Å². The minimum absolute atomic E-state index is 0.229. The van der Waals surface area contributed by atoms with E-state index >= 15 is 0 Å². The number of rotatable bonds is 5. The van der Waals surface area contributed by atoms with Crippen LogP contribution in [0.5, 0.6) is 0 Å². The van der Waals surface area contributed by atoms with Gasteiger partial charge < -0.3 is 20.3 Å². The Labute approximate surface area is 165 Å². The van der Waals surface area contributed by atoms with Crippen LogP contribution in [0.3, 0.4) is 0 Å². The fraction of sp³-hybridized carbons (Fsp3) is 0.450. The van der Waals surface area contributed by atoms with E-state index < -0.39 is 0 Å². The molecule has 0 bridgehead atoms. The summed E-state index contributed by atoms with van der Waals surface area (Å²) >= 11 is 7.44. The highest BCUT2D eigenvalue weighted by molar-refractivity contribution is 7.80. The lowest BCUT2D eigenvalue weighted by atomic mass is 10.1. The molecule has 1 saturated heterocycles. The predicted octanol–water partition coefficient (Wildman–Crippen LogP) is 2.70. The number of aryl methyl sites for hydroxylation is 2. The average molecular weight is 391 g/mol. The molecule has 3 N–H and O–H groups in total. The molecule has 1 aromatic carbocycles. The Kier molecular flexibility index (Phi) is 6.64. The molecular formula is C20H28N3OS2+. The summed E-state index contributed by atoms with van der Waals surface area (Å²) in [5.74, 6) is 0. The van der Waals surface area contributed by atoms with Gasteiger partial charge in [0.15, 0.2) is 5.11 Å². The maximum absolute atomic E-state index is 5.61. The SMILES string of the molecule is Cc1ccc(C)c(NC(=S)N[C@H](C)[C@H](c2cccs2)[NH+]2CCOCC2)c1. The van der Waals surface area contributed by atoms with Gasteiger partial charge in [0.25, 0.3) is 0 Å². The highest BCUT2D eigenvalue weighted by Crippen LogP contribution is 2.21. The molecule has 0 spiro atoms. The van der Waals surface area contributed by atoms with E-state index in [0.29, 0.717) is 11.2 Å². The van der Waals surface area contributed by atoms with E-state index in [1.54, 1.807) is 4.90 Å². The number of ether oxygens (including phenoxy) is 1. The van der Waals surface area contributed by atoms with Gasteiger partial charge in [-0.25, -0.2) is 0 Å². The Bertz CT molecular complexity index is 727. The maximum Gasteiger partial charge on any atom is 0.171 e. The predicted molar refractivity (Wildman–Crippen MR) is 113 cm³/mol. The molecule has 0 amide bonds. The Morgan fingerprint density at radius 3 is 2.69 bits per heavy atom. The van der Waals surface area contributed by atoms with Crippen LogP contribution in [0.25, 0.3) is 0 Å². The van der Waals surface area contributed by atoms with Gasteiger partial charge >= 0.3 is 0 Å². The van der Waals surface area contributed by atoms with Crippen LogP contribution in [0.15, 0.2) is 35.7 Å². The first-order valence-electron chi connectivity index (χ1n) is 9.15. The van der Waals surface area contributed by atoms with Crippen LogP contribution in [0, 0.1) is 13.8 Å². The summed E-state index contributed by atoms with van der Waals surface area (Å²) < 4.78 is 5.56. The normalized spacial score (nSPS) is 17.5. The minimum Gasteiger partial charge on any atom is -0.370 e. The first kappa shape index (κ1) is 19.3. The zero-order valence-corrected chi connectivity index (χ0v) is 17.3. The van der Waals surface area contributed by atoms with Gasteiger partial charge in [-0.05, 0) is 61.6 Å². The lowest BCUT2D eigenvalue weighted by Gasteiger charge is -2.35. The number of quaternary nitrogens is 1. The van der Waals surface area contributed by atoms with Gasteiger partial charge in [0.2, 0.25) is 0 Å². The molecule has 0 aliphatic carbocycles. The van der Waals surface area contributed by atoms with Crippen LogP contribution in [0.1, 0.15) is 29.0 Å². The zero-order valence-electron chi connectivity index (χ0n) is 15.7. The number of thiophene rings is 1. The van der Waals surface area contributed by atoms with Crippen molar-refractivity contribution in [3.05, 3.63) is 51.7 Å². The minimum atomic E-state index is 0.229. The van der Waals surface area contributed by atoms with Crippen molar-refractivity contribution >= 4 is 34.4 Å². The molecule has 1 fully saturated rings. The zero-order chi connectivity index (χ0) is 18.5. The van der Waals surface area contributed by atoms with Crippen molar-refractivity contribution in [3.63, 3.8) is 0 Å². The molecule has 1 aliphatic heterocycles. The van der Waals surface area contributed by atoms with Gasteiger partial charge in [-0.15, -0.1) is 11.3 Å². The highest BCUT2D eigenvalue weighted by atomic mass is 32.1. The summed E-state index contributed by atoms with van der Waals surface area (Å²) in [7, 11) is 0. The van der Waals surface area contributed by atoms with Crippen molar-refractivity contribution in [1.82, 2.24) is 5.32 Å². The van der Waals surface area contributed by atoms with Crippen LogP contribution in [-0.4, -0.2) is 37.5 Å². The van der Waals surface area contributed by atoms with E-state index in [1.165, 1.54) is 16.0 Å². The van der Waals surface area contributed by atoms with Crippen LogP contribution in [0.4, 0.5) is 5.69 Å². The van der Waals surface area contributed by atoms with Gasteiger partial charge in [0.1, 0.15) is 19.1 Å². The van der Waals surface area contributed by atoms with E-state index in [0.717, 1.165) is 32.0 Å². The second-order valence-corrected chi connectivity index (χ2v) is 8.36. The largest absolute Gasteiger partial charge is 0.370 e. The number of nitrogens with one attached hydrogen (secondary N) is 3. The summed E-state index contributed by atoms with van der Waals surface area (Å²) in [6.07, 6.45) is 0. The summed E-state index contributed by atoms with van der Waals surface area (Å²) in [5, 5.41) is 9.74. The molecule has 1 aromatic heterocycles. The third-order valence-corrected chi connectivity index (χ3v) is 6.10. The van der Waals surface area contributed by atoms with Gasteiger partial charge in [-0.1, -0.05) is 18.2 Å². The third-order valence-electron chi connectivity index (χ3n) is 4.92. The molecule has 2 atom stereocenters. The molecular weight excluding hydrogens is 362 g/mol. The standard InChI is InChI=1S/C20H27N3OS2/c1-14-6-7-15(2)17(13-14)22-20(25)21-16(3)19(18-5-4-12-26-18)23-8-10-24-11-9-23/h4-7,12-13,16,19H,8-11H2,1-3H3,(H2,21,22,25)/p+1/t16-,19-/m1/s1. The second-order valence-electron chi connectivity index (χ2n) is 6.97. The van der Waals surface area contributed by atoms with Crippen molar-refractivity contribution in [2.24, 2.45) is 0 Å². The van der Waals surface area contributed by atoms with Gasteiger partial charge in [0.05, 0.1) is 24.1 Å². The molecule has 6 heteroatoms. The maximum atomic E-state index is 5.61. The summed E-state index contributed by atoms with van der Waals surface area (Å²) in [5.41, 5.74) is 3.49. The molecule has 2 aromatic rings.